The van der Waals surface area contributed by atoms with Crippen molar-refractivity contribution in [2.24, 2.45) is 0 Å². The zero-order valence-corrected chi connectivity index (χ0v) is 31.9. The van der Waals surface area contributed by atoms with Gasteiger partial charge in [-0.3, -0.25) is 14.4 Å². The minimum absolute atomic E-state index is 0.0116. The molecule has 2 aromatic carbocycles. The number of terminal acetylenes is 1. The Morgan fingerprint density at radius 1 is 1.02 bits per heavy atom. The number of halogens is 2. The maximum absolute atomic E-state index is 15.2. The predicted molar refractivity (Wildman–Crippen MR) is 201 cm³/mol. The van der Waals surface area contributed by atoms with Crippen molar-refractivity contribution in [1.82, 2.24) is 29.3 Å². The molecule has 0 spiro atoms. The fourth-order valence-electron chi connectivity index (χ4n) is 8.26. The zero-order chi connectivity index (χ0) is 38.6. The molecule has 2 bridgehead atoms. The molecule has 4 fully saturated rings. The highest BCUT2D eigenvalue weighted by atomic mass is 19.1. The first kappa shape index (κ1) is 37.0. The lowest BCUT2D eigenvalue weighted by Gasteiger charge is -2.42. The second-order valence-electron chi connectivity index (χ2n) is 16.0. The van der Waals surface area contributed by atoms with Crippen LogP contribution < -0.4 is 19.1 Å². The maximum atomic E-state index is 15.2. The van der Waals surface area contributed by atoms with E-state index in [1.165, 1.54) is 13.2 Å². The molecule has 2 aromatic heterocycles. The van der Waals surface area contributed by atoms with E-state index in [4.69, 9.17) is 45.1 Å². The number of benzene rings is 2. The number of methoxy groups -OCH3 is 1. The number of fused-ring (bicyclic) bond motifs is 4. The maximum Gasteiger partial charge on any atom is 0.410 e. The number of alkyl halides is 1. The van der Waals surface area contributed by atoms with Gasteiger partial charge in [-0.1, -0.05) is 12.0 Å². The van der Waals surface area contributed by atoms with Gasteiger partial charge in [-0.15, -0.1) is 6.42 Å². The fourth-order valence-corrected chi connectivity index (χ4v) is 8.26. The first-order valence-corrected chi connectivity index (χ1v) is 19.0. The highest BCUT2D eigenvalue weighted by molar-refractivity contribution is 5.95. The summed E-state index contributed by atoms with van der Waals surface area (Å²) in [5.74, 6) is 3.24. The van der Waals surface area contributed by atoms with Crippen LogP contribution in [-0.4, -0.2) is 113 Å². The molecular formula is C40H47F2N7O6. The Bertz CT molecular complexity index is 2130. The van der Waals surface area contributed by atoms with Gasteiger partial charge < -0.3 is 28.6 Å². The normalized spacial score (nSPS) is 22.9. The van der Waals surface area contributed by atoms with E-state index in [0.29, 0.717) is 59.6 Å². The van der Waals surface area contributed by atoms with E-state index in [9.17, 15) is 9.18 Å². The summed E-state index contributed by atoms with van der Waals surface area (Å²) in [4.78, 5) is 34.2. The van der Waals surface area contributed by atoms with Gasteiger partial charge in [0, 0.05) is 50.3 Å². The second kappa shape index (κ2) is 14.6. The molecule has 1 amide bonds. The number of aromatic nitrogens is 4. The van der Waals surface area contributed by atoms with Crippen LogP contribution in [0.5, 0.6) is 23.5 Å². The number of likely N-dealkylation sites (N-methyl/N-ethyl adjacent to an activating group) is 1. The number of imidazole rings is 1. The van der Waals surface area contributed by atoms with Crippen LogP contribution in [0.1, 0.15) is 70.9 Å². The van der Waals surface area contributed by atoms with Crippen molar-refractivity contribution in [3.8, 4) is 35.9 Å². The van der Waals surface area contributed by atoms with E-state index in [1.807, 2.05) is 42.2 Å². The van der Waals surface area contributed by atoms with Crippen molar-refractivity contribution in [1.29, 1.82) is 0 Å². The molecule has 3 saturated heterocycles. The van der Waals surface area contributed by atoms with Crippen LogP contribution >= 0.6 is 0 Å². The van der Waals surface area contributed by atoms with Crippen LogP contribution in [0.4, 0.5) is 19.4 Å². The number of piperazine rings is 1. The Hall–Kier alpha value is -4.94. The summed E-state index contributed by atoms with van der Waals surface area (Å²) in [5, 5.41) is 1.02. The fraction of sp³-hybridized carbons (Fsp3) is 0.550. The van der Waals surface area contributed by atoms with E-state index >= 15 is 4.39 Å². The lowest BCUT2D eigenvalue weighted by Crippen LogP contribution is -2.57. The number of hydrogen-bond donors (Lipinski definition) is 0. The van der Waals surface area contributed by atoms with Crippen molar-refractivity contribution in [2.45, 2.75) is 95.2 Å². The van der Waals surface area contributed by atoms with Crippen LogP contribution in [0, 0.1) is 18.2 Å². The first-order valence-electron chi connectivity index (χ1n) is 19.0. The van der Waals surface area contributed by atoms with Gasteiger partial charge >= 0.3 is 18.1 Å². The third-order valence-electron chi connectivity index (χ3n) is 11.0. The topological polar surface area (TPSA) is 117 Å². The van der Waals surface area contributed by atoms with Crippen LogP contribution in [-0.2, 0) is 9.47 Å². The number of rotatable bonds is 10. The van der Waals surface area contributed by atoms with Crippen molar-refractivity contribution in [3.63, 3.8) is 0 Å². The summed E-state index contributed by atoms with van der Waals surface area (Å²) in [7, 11) is 3.40. The van der Waals surface area contributed by atoms with E-state index in [1.54, 1.807) is 18.2 Å². The van der Waals surface area contributed by atoms with Gasteiger partial charge in [0.15, 0.2) is 18.3 Å². The smallest absolute Gasteiger partial charge is 0.410 e. The summed E-state index contributed by atoms with van der Waals surface area (Å²) in [6, 6.07) is 6.39. The molecule has 55 heavy (non-hydrogen) atoms. The minimum atomic E-state index is -0.926. The van der Waals surface area contributed by atoms with E-state index in [-0.39, 0.29) is 67.0 Å². The molecule has 0 N–H and O–H groups in total. The summed E-state index contributed by atoms with van der Waals surface area (Å²) in [6.45, 7) is 7.17. The lowest BCUT2D eigenvalue weighted by atomic mass is 9.93. The molecule has 0 radical (unpaired) electrons. The minimum Gasteiger partial charge on any atom is -0.467 e. The molecule has 1 saturated carbocycles. The zero-order valence-electron chi connectivity index (χ0n) is 31.9. The summed E-state index contributed by atoms with van der Waals surface area (Å²) < 4.78 is 61.2. The molecule has 8 rings (SSSR count). The van der Waals surface area contributed by atoms with Crippen LogP contribution in [0.3, 0.4) is 0 Å². The number of likely N-dealkylation sites (tertiary alicyclic amines) is 1. The number of nitrogens with zero attached hydrogens (tertiary/aromatic N) is 7. The number of amides is 1. The van der Waals surface area contributed by atoms with Gasteiger partial charge in [0.1, 0.15) is 41.2 Å². The molecular weight excluding hydrogens is 712 g/mol. The van der Waals surface area contributed by atoms with Gasteiger partial charge in [-0.05, 0) is 83.9 Å². The molecule has 15 heteroatoms. The highest BCUT2D eigenvalue weighted by Crippen LogP contribution is 2.45. The molecule has 3 aliphatic heterocycles. The molecule has 2 unspecified atom stereocenters. The van der Waals surface area contributed by atoms with Crippen LogP contribution in [0.15, 0.2) is 24.3 Å². The molecule has 292 valence electrons. The van der Waals surface area contributed by atoms with E-state index in [0.717, 1.165) is 32.1 Å². The Labute approximate surface area is 318 Å². The quantitative estimate of drug-likeness (QED) is 0.129. The number of ether oxygens (including phenoxy) is 5. The highest BCUT2D eigenvalue weighted by Gasteiger charge is 2.46. The number of carbonyl (C=O) groups excluding carboxylic acids is 1. The summed E-state index contributed by atoms with van der Waals surface area (Å²) in [5.41, 5.74) is 0.455. The molecule has 13 nitrogen and oxygen atoms in total. The van der Waals surface area contributed by atoms with Crippen LogP contribution in [0.2, 0.25) is 0 Å². The van der Waals surface area contributed by atoms with E-state index < -0.39 is 17.6 Å². The molecule has 1 aliphatic carbocycles. The summed E-state index contributed by atoms with van der Waals surface area (Å²) >= 11 is 0. The van der Waals surface area contributed by atoms with Crippen LogP contribution in [0.25, 0.3) is 21.9 Å². The number of hydrogen-bond acceptors (Lipinski definition) is 11. The molecule has 4 aromatic rings. The second-order valence-corrected chi connectivity index (χ2v) is 16.0. The van der Waals surface area contributed by atoms with Gasteiger partial charge in [-0.2, -0.15) is 15.0 Å². The Morgan fingerprint density at radius 2 is 1.78 bits per heavy atom. The summed E-state index contributed by atoms with van der Waals surface area (Å²) in [6.07, 6.45) is 9.39. The Balaban J connectivity index is 1.23. The van der Waals surface area contributed by atoms with Gasteiger partial charge in [-0.25, -0.2) is 13.6 Å². The molecule has 4 aliphatic rings. The monoisotopic (exact) mass is 759 g/mol. The van der Waals surface area contributed by atoms with Crippen molar-refractivity contribution < 1.29 is 37.3 Å². The third-order valence-corrected chi connectivity index (χ3v) is 11.0. The largest absolute Gasteiger partial charge is 0.467 e. The van der Waals surface area contributed by atoms with Gasteiger partial charge in [0.2, 0.25) is 0 Å². The van der Waals surface area contributed by atoms with Crippen molar-refractivity contribution in [3.05, 3.63) is 35.6 Å². The average molecular weight is 760 g/mol. The number of anilines is 1. The van der Waals surface area contributed by atoms with Gasteiger partial charge in [0.05, 0.1) is 17.6 Å². The average Bonchev–Trinajstić information content (AvgIpc) is 3.72. The Kier molecular flexibility index (Phi) is 9.83. The number of carbonyl (C=O) groups is 1. The first-order chi connectivity index (χ1) is 26.4. The predicted octanol–water partition coefficient (Wildman–Crippen LogP) is 6.61. The Morgan fingerprint density at radius 3 is 2.42 bits per heavy atom. The SMILES string of the molecule is C#Cc1c(F)ccc2cc(OCOC)cc(Oc3nc4nc(OC[C@@H]5C[C@@H](F)CN5C)nc(N5CC6CCC(C5)N6C(=O)OC(C)(C)C)c4n3C3CCC3)c12. The van der Waals surface area contributed by atoms with Crippen molar-refractivity contribution >= 4 is 33.8 Å². The third kappa shape index (κ3) is 7.17. The lowest BCUT2D eigenvalue weighted by molar-refractivity contribution is 0.0122. The molecule has 4 atom stereocenters. The van der Waals surface area contributed by atoms with Gasteiger partial charge in [0.25, 0.3) is 0 Å². The standard InChI is InChI=1S/C40H47F2N7O6/c1-7-30-31(42)14-11-23-15-29(53-22-51-6)17-32(33(23)30)54-38-44-35-34(49(38)25-9-8-10-25)36(45-37(43-35)52-21-28-16-24(41)18-46(28)5)47-19-26-12-13-27(20-47)48(26)39(50)55-40(2,3)4/h1,11,14-15,17,24-28H,8-10,12-13,16,18-22H2,2-6H3/t24-,26?,27?,28+/m1/s1. The van der Waals surface area contributed by atoms with Crippen molar-refractivity contribution in [2.75, 3.05) is 52.1 Å². The molecule has 5 heterocycles. The van der Waals surface area contributed by atoms with E-state index in [2.05, 4.69) is 10.8 Å².